The van der Waals surface area contributed by atoms with Crippen LogP contribution in [0.3, 0.4) is 0 Å². The van der Waals surface area contributed by atoms with E-state index in [4.69, 9.17) is 23.8 Å². The van der Waals surface area contributed by atoms with E-state index in [-0.39, 0.29) is 23.6 Å². The maximum Gasteiger partial charge on any atom is 0.270 e. The molecule has 1 aromatic carbocycles. The molecule has 2 aliphatic heterocycles. The van der Waals surface area contributed by atoms with Gasteiger partial charge in [-0.05, 0) is 55.4 Å². The summed E-state index contributed by atoms with van der Waals surface area (Å²) in [6.07, 6.45) is 4.63. The van der Waals surface area contributed by atoms with E-state index in [2.05, 4.69) is 17.9 Å². The van der Waals surface area contributed by atoms with E-state index < -0.39 is 0 Å². The second kappa shape index (κ2) is 11.2. The Bertz CT molecular complexity index is 1340. The predicted octanol–water partition coefficient (Wildman–Crippen LogP) is 5.73. The largest absolute Gasteiger partial charge is 0.357 e. The van der Waals surface area contributed by atoms with Gasteiger partial charge in [0.25, 0.3) is 11.5 Å². The number of nitriles is 1. The number of anilines is 1. The summed E-state index contributed by atoms with van der Waals surface area (Å²) in [5.41, 5.74) is 2.01. The molecular formula is C27H29ClN4O2S2. The van der Waals surface area contributed by atoms with Gasteiger partial charge in [-0.25, -0.2) is 0 Å². The first-order valence-electron chi connectivity index (χ1n) is 12.2. The molecule has 188 valence electrons. The Hall–Kier alpha value is -2.60. The topological polar surface area (TPSA) is 69.3 Å². The molecule has 0 atom stereocenters. The monoisotopic (exact) mass is 540 g/mol. The van der Waals surface area contributed by atoms with E-state index in [9.17, 15) is 14.9 Å². The highest BCUT2D eigenvalue weighted by Crippen LogP contribution is 2.37. The number of hydrogen-bond acceptors (Lipinski definition) is 6. The quantitative estimate of drug-likeness (QED) is 0.344. The Labute approximate surface area is 226 Å². The van der Waals surface area contributed by atoms with Crippen LogP contribution in [-0.2, 0) is 17.9 Å². The minimum atomic E-state index is -0.270. The van der Waals surface area contributed by atoms with E-state index >= 15 is 0 Å². The lowest BCUT2D eigenvalue weighted by Crippen LogP contribution is -2.39. The molecule has 3 heterocycles. The van der Waals surface area contributed by atoms with Crippen molar-refractivity contribution in [1.82, 2.24) is 9.47 Å². The number of nitrogens with zero attached hydrogens (tertiary/aromatic N) is 4. The van der Waals surface area contributed by atoms with Crippen molar-refractivity contribution in [2.45, 2.75) is 53.1 Å². The zero-order chi connectivity index (χ0) is 26.0. The molecule has 0 bridgehead atoms. The number of amides is 1. The van der Waals surface area contributed by atoms with Crippen LogP contribution in [0.15, 0.2) is 34.0 Å². The molecule has 2 aliphatic rings. The molecule has 2 saturated heterocycles. The second-order valence-corrected chi connectivity index (χ2v) is 11.4. The number of aromatic nitrogens is 1. The molecule has 4 rings (SSSR count). The lowest BCUT2D eigenvalue weighted by atomic mass is 9.97. The number of carbonyl (C=O) groups excluding carboxylic acids is 1. The first-order valence-corrected chi connectivity index (χ1v) is 13.8. The fourth-order valence-electron chi connectivity index (χ4n) is 4.70. The van der Waals surface area contributed by atoms with Gasteiger partial charge in [0, 0.05) is 30.2 Å². The summed E-state index contributed by atoms with van der Waals surface area (Å²) in [6.45, 7) is 8.49. The van der Waals surface area contributed by atoms with Gasteiger partial charge in [-0.3, -0.25) is 19.1 Å². The van der Waals surface area contributed by atoms with Crippen LogP contribution in [0.5, 0.6) is 0 Å². The van der Waals surface area contributed by atoms with Crippen LogP contribution in [0, 0.1) is 24.2 Å². The van der Waals surface area contributed by atoms with Gasteiger partial charge in [0.05, 0.1) is 11.4 Å². The maximum absolute atomic E-state index is 13.5. The summed E-state index contributed by atoms with van der Waals surface area (Å²) in [7, 11) is 0. The van der Waals surface area contributed by atoms with Gasteiger partial charge in [-0.1, -0.05) is 67.6 Å². The Morgan fingerprint density at radius 3 is 2.58 bits per heavy atom. The summed E-state index contributed by atoms with van der Waals surface area (Å²) < 4.78 is 2.18. The fourth-order valence-corrected chi connectivity index (χ4v) is 6.13. The van der Waals surface area contributed by atoms with Gasteiger partial charge in [-0.15, -0.1) is 0 Å². The molecule has 0 unspecified atom stereocenters. The van der Waals surface area contributed by atoms with Crippen molar-refractivity contribution in [1.29, 1.82) is 5.26 Å². The molecular weight excluding hydrogens is 512 g/mol. The maximum atomic E-state index is 13.5. The molecule has 36 heavy (non-hydrogen) atoms. The number of halogens is 1. The number of hydrogen-bond donors (Lipinski definition) is 0. The molecule has 0 saturated carbocycles. The molecule has 1 aromatic heterocycles. The number of thioether (sulfide) groups is 1. The van der Waals surface area contributed by atoms with Gasteiger partial charge in [-0.2, -0.15) is 5.26 Å². The fraction of sp³-hybridized carbons (Fsp3) is 0.407. The van der Waals surface area contributed by atoms with Crippen molar-refractivity contribution in [2.24, 2.45) is 5.92 Å². The Kier molecular flexibility index (Phi) is 8.23. The van der Waals surface area contributed by atoms with Crippen molar-refractivity contribution in [3.63, 3.8) is 0 Å². The molecule has 0 aliphatic carbocycles. The molecule has 9 heteroatoms. The highest BCUT2D eigenvalue weighted by atomic mass is 35.5. The first kappa shape index (κ1) is 26.5. The number of carbonyl (C=O) groups is 1. The molecule has 0 N–H and O–H groups in total. The molecule has 2 fully saturated rings. The van der Waals surface area contributed by atoms with Crippen molar-refractivity contribution in [2.75, 3.05) is 18.0 Å². The van der Waals surface area contributed by atoms with Gasteiger partial charge in [0.1, 0.15) is 21.8 Å². The Morgan fingerprint density at radius 1 is 1.25 bits per heavy atom. The normalized spacial score (nSPS) is 17.8. The summed E-state index contributed by atoms with van der Waals surface area (Å²) >= 11 is 13.1. The van der Waals surface area contributed by atoms with Crippen LogP contribution >= 0.6 is 35.6 Å². The van der Waals surface area contributed by atoms with Crippen molar-refractivity contribution >= 4 is 57.7 Å². The Balaban J connectivity index is 1.82. The molecule has 2 aromatic rings. The molecule has 0 spiro atoms. The Morgan fingerprint density at radius 2 is 1.94 bits per heavy atom. The number of rotatable bonds is 6. The van der Waals surface area contributed by atoms with E-state index in [1.165, 1.54) is 11.8 Å². The van der Waals surface area contributed by atoms with E-state index in [0.29, 0.717) is 32.3 Å². The minimum absolute atomic E-state index is 0.121. The summed E-state index contributed by atoms with van der Waals surface area (Å²) in [4.78, 5) is 31.1. The second-order valence-electron chi connectivity index (χ2n) is 9.33. The lowest BCUT2D eigenvalue weighted by Gasteiger charge is -2.35. The molecule has 0 radical (unpaired) electrons. The van der Waals surface area contributed by atoms with Crippen LogP contribution in [0.25, 0.3) is 6.08 Å². The third-order valence-corrected chi connectivity index (χ3v) is 8.56. The van der Waals surface area contributed by atoms with Gasteiger partial charge in [0.15, 0.2) is 0 Å². The highest BCUT2D eigenvalue weighted by Gasteiger charge is 2.34. The van der Waals surface area contributed by atoms with Gasteiger partial charge >= 0.3 is 0 Å². The van der Waals surface area contributed by atoms with Crippen LogP contribution in [0.2, 0.25) is 5.02 Å². The predicted molar refractivity (Wildman–Crippen MR) is 151 cm³/mol. The lowest BCUT2D eigenvalue weighted by molar-refractivity contribution is -0.122. The van der Waals surface area contributed by atoms with Gasteiger partial charge < -0.3 is 4.90 Å². The number of piperidine rings is 1. The zero-order valence-corrected chi connectivity index (χ0v) is 23.1. The van der Waals surface area contributed by atoms with E-state index in [1.54, 1.807) is 22.5 Å². The summed E-state index contributed by atoms with van der Waals surface area (Å²) in [5, 5.41) is 10.4. The van der Waals surface area contributed by atoms with Crippen molar-refractivity contribution < 1.29 is 4.79 Å². The smallest absolute Gasteiger partial charge is 0.270 e. The SMILES string of the molecule is CCCn1c(N2CCC(C)CC2)c(/C=C2/SC(=S)N(Cc3ccccc3Cl)C2=O)c(C)c(C#N)c1=O. The standard InChI is InChI=1S/C27H29ClN4O2S2/c1-4-11-31-24(30-12-9-17(2)10-13-30)20(18(3)21(15-29)25(31)33)14-23-26(34)32(27(35)36-23)16-19-7-5-6-8-22(19)28/h5-8,14,17H,4,9-13,16H2,1-3H3/b23-14+. The van der Waals surface area contributed by atoms with E-state index in [1.807, 2.05) is 31.2 Å². The molecule has 1 amide bonds. The van der Waals surface area contributed by atoms with E-state index in [0.717, 1.165) is 49.3 Å². The molecule has 6 nitrogen and oxygen atoms in total. The third kappa shape index (κ3) is 5.10. The van der Waals surface area contributed by atoms with Crippen LogP contribution in [0.1, 0.15) is 55.4 Å². The van der Waals surface area contributed by atoms with Crippen LogP contribution in [0.4, 0.5) is 5.82 Å². The average Bonchev–Trinajstić information content (AvgIpc) is 3.12. The first-order chi connectivity index (χ1) is 17.3. The van der Waals surface area contributed by atoms with Crippen LogP contribution in [-0.4, -0.2) is 32.8 Å². The summed E-state index contributed by atoms with van der Waals surface area (Å²) in [5.74, 6) is 1.22. The number of pyridine rings is 1. The van der Waals surface area contributed by atoms with Gasteiger partial charge in [0.2, 0.25) is 0 Å². The van der Waals surface area contributed by atoms with Crippen molar-refractivity contribution in [3.8, 4) is 6.07 Å². The summed E-state index contributed by atoms with van der Waals surface area (Å²) in [6, 6.07) is 9.51. The van der Waals surface area contributed by atoms with Crippen LogP contribution < -0.4 is 10.5 Å². The highest BCUT2D eigenvalue weighted by molar-refractivity contribution is 8.26. The van der Waals surface area contributed by atoms with Crippen molar-refractivity contribution in [3.05, 3.63) is 66.8 Å². The average molecular weight is 541 g/mol. The third-order valence-electron chi connectivity index (χ3n) is 6.81. The minimum Gasteiger partial charge on any atom is -0.357 e. The number of benzene rings is 1. The number of thiocarbonyl (C=S) groups is 1. The zero-order valence-electron chi connectivity index (χ0n) is 20.7.